The van der Waals surface area contributed by atoms with E-state index in [0.29, 0.717) is 18.7 Å². The molecule has 126 valence electrons. The van der Waals surface area contributed by atoms with Gasteiger partial charge in [-0.25, -0.2) is 12.8 Å². The molecule has 1 heterocycles. The van der Waals surface area contributed by atoms with Crippen molar-refractivity contribution < 1.29 is 17.6 Å². The quantitative estimate of drug-likeness (QED) is 0.901. The highest BCUT2D eigenvalue weighted by molar-refractivity contribution is 7.92. The SMILES string of the molecule is O=C(c1ccc(Cl)c(NS(=O)(=O)c2ccc(F)cc2)c1)N1CCC1. The maximum atomic E-state index is 12.9. The molecule has 1 amide bonds. The van der Waals surface area contributed by atoms with Crippen LogP contribution >= 0.6 is 11.6 Å². The van der Waals surface area contributed by atoms with Crippen LogP contribution in [-0.4, -0.2) is 32.3 Å². The Labute approximate surface area is 144 Å². The number of nitrogens with zero attached hydrogens (tertiary/aromatic N) is 1. The third-order valence-corrected chi connectivity index (χ3v) is 5.44. The minimum atomic E-state index is -3.93. The van der Waals surface area contributed by atoms with Crippen LogP contribution in [-0.2, 0) is 10.0 Å². The van der Waals surface area contributed by atoms with Gasteiger partial charge in [0.05, 0.1) is 15.6 Å². The van der Waals surface area contributed by atoms with Crippen molar-refractivity contribution in [2.24, 2.45) is 0 Å². The second-order valence-electron chi connectivity index (χ2n) is 5.40. The van der Waals surface area contributed by atoms with Crippen molar-refractivity contribution in [2.75, 3.05) is 17.8 Å². The third-order valence-electron chi connectivity index (χ3n) is 3.72. The molecule has 0 bridgehead atoms. The van der Waals surface area contributed by atoms with Crippen LogP contribution < -0.4 is 4.72 Å². The average Bonchev–Trinajstić information content (AvgIpc) is 2.48. The van der Waals surface area contributed by atoms with Crippen LogP contribution in [0.15, 0.2) is 47.4 Å². The molecule has 0 radical (unpaired) electrons. The summed E-state index contributed by atoms with van der Waals surface area (Å²) in [4.78, 5) is 13.8. The van der Waals surface area contributed by atoms with Gasteiger partial charge >= 0.3 is 0 Å². The maximum absolute atomic E-state index is 12.9. The van der Waals surface area contributed by atoms with Crippen molar-refractivity contribution in [3.8, 4) is 0 Å². The van der Waals surface area contributed by atoms with Gasteiger partial charge in [0, 0.05) is 18.7 Å². The standard InChI is InChI=1S/C16H14ClFN2O3S/c17-14-7-2-11(16(21)20-8-1-9-20)10-15(14)19-24(22,23)13-5-3-12(18)4-6-13/h2-7,10,19H,1,8-9H2. The molecule has 1 fully saturated rings. The van der Waals surface area contributed by atoms with Crippen molar-refractivity contribution in [3.63, 3.8) is 0 Å². The van der Waals surface area contributed by atoms with Crippen molar-refractivity contribution in [3.05, 3.63) is 58.9 Å². The van der Waals surface area contributed by atoms with Crippen LogP contribution in [0, 0.1) is 5.82 Å². The first-order chi connectivity index (χ1) is 11.4. The number of hydrogen-bond acceptors (Lipinski definition) is 3. The van der Waals surface area contributed by atoms with E-state index in [4.69, 9.17) is 11.6 Å². The van der Waals surface area contributed by atoms with Crippen molar-refractivity contribution >= 4 is 33.2 Å². The normalized spacial score (nSPS) is 14.2. The van der Waals surface area contributed by atoms with E-state index in [1.54, 1.807) is 11.0 Å². The van der Waals surface area contributed by atoms with E-state index in [9.17, 15) is 17.6 Å². The van der Waals surface area contributed by atoms with E-state index in [1.165, 1.54) is 12.1 Å². The second kappa shape index (κ2) is 6.41. The van der Waals surface area contributed by atoms with Crippen LogP contribution in [0.1, 0.15) is 16.8 Å². The fourth-order valence-corrected chi connectivity index (χ4v) is 3.55. The van der Waals surface area contributed by atoms with Crippen LogP contribution in [0.5, 0.6) is 0 Å². The first-order valence-corrected chi connectivity index (χ1v) is 9.10. The first kappa shape index (κ1) is 16.7. The number of anilines is 1. The maximum Gasteiger partial charge on any atom is 0.261 e. The molecule has 0 saturated carbocycles. The average molecular weight is 369 g/mol. The summed E-state index contributed by atoms with van der Waals surface area (Å²) in [5.41, 5.74) is 0.461. The number of hydrogen-bond donors (Lipinski definition) is 1. The highest BCUT2D eigenvalue weighted by atomic mass is 35.5. The predicted molar refractivity (Wildman–Crippen MR) is 89.2 cm³/mol. The number of amides is 1. The Morgan fingerprint density at radius 3 is 2.38 bits per heavy atom. The number of likely N-dealkylation sites (tertiary alicyclic amines) is 1. The lowest BCUT2D eigenvalue weighted by Crippen LogP contribution is -2.42. The summed E-state index contributed by atoms with van der Waals surface area (Å²) in [6.07, 6.45) is 0.962. The van der Waals surface area contributed by atoms with E-state index < -0.39 is 15.8 Å². The van der Waals surface area contributed by atoms with E-state index in [-0.39, 0.29) is 21.5 Å². The Kier molecular flexibility index (Phi) is 4.47. The monoisotopic (exact) mass is 368 g/mol. The number of halogens is 2. The summed E-state index contributed by atoms with van der Waals surface area (Å²) in [6, 6.07) is 8.85. The molecular formula is C16H14ClFN2O3S. The molecule has 1 aliphatic heterocycles. The van der Waals surface area contributed by atoms with Gasteiger partial charge in [-0.15, -0.1) is 0 Å². The van der Waals surface area contributed by atoms with E-state index in [1.807, 2.05) is 0 Å². The van der Waals surface area contributed by atoms with Gasteiger partial charge < -0.3 is 4.90 Å². The number of nitrogens with one attached hydrogen (secondary N) is 1. The Morgan fingerprint density at radius 2 is 1.79 bits per heavy atom. The van der Waals surface area contributed by atoms with Gasteiger partial charge in [0.2, 0.25) is 0 Å². The highest BCUT2D eigenvalue weighted by Crippen LogP contribution is 2.27. The van der Waals surface area contributed by atoms with Gasteiger partial charge in [-0.05, 0) is 48.9 Å². The molecule has 0 unspecified atom stereocenters. The van der Waals surface area contributed by atoms with Gasteiger partial charge in [-0.2, -0.15) is 0 Å². The molecule has 0 aromatic heterocycles. The molecule has 1 N–H and O–H groups in total. The molecule has 3 rings (SSSR count). The fourth-order valence-electron chi connectivity index (χ4n) is 2.26. The summed E-state index contributed by atoms with van der Waals surface area (Å²) in [7, 11) is -3.93. The number of rotatable bonds is 4. The molecule has 0 atom stereocenters. The summed E-state index contributed by atoms with van der Waals surface area (Å²) in [6.45, 7) is 1.39. The molecule has 8 heteroatoms. The Bertz CT molecular complexity index is 881. The van der Waals surface area contributed by atoms with Crippen LogP contribution in [0.3, 0.4) is 0 Å². The van der Waals surface area contributed by atoms with Gasteiger partial charge in [-0.3, -0.25) is 9.52 Å². The zero-order chi connectivity index (χ0) is 17.3. The number of carbonyl (C=O) groups is 1. The topological polar surface area (TPSA) is 66.5 Å². The molecule has 1 saturated heterocycles. The lowest BCUT2D eigenvalue weighted by Gasteiger charge is -2.31. The zero-order valence-electron chi connectivity index (χ0n) is 12.5. The van der Waals surface area contributed by atoms with E-state index in [2.05, 4.69) is 4.72 Å². The molecule has 2 aromatic carbocycles. The van der Waals surface area contributed by atoms with Gasteiger partial charge in [-0.1, -0.05) is 11.6 Å². The summed E-state index contributed by atoms with van der Waals surface area (Å²) in [5, 5.41) is 0.167. The minimum absolute atomic E-state index is 0.0977. The molecule has 24 heavy (non-hydrogen) atoms. The largest absolute Gasteiger partial charge is 0.339 e. The lowest BCUT2D eigenvalue weighted by atomic mass is 10.1. The van der Waals surface area contributed by atoms with Gasteiger partial charge in [0.25, 0.3) is 15.9 Å². The molecule has 5 nitrogen and oxygen atoms in total. The van der Waals surface area contributed by atoms with Crippen LogP contribution in [0.2, 0.25) is 5.02 Å². The van der Waals surface area contributed by atoms with Gasteiger partial charge in [0.1, 0.15) is 5.82 Å². The number of carbonyl (C=O) groups excluding carboxylic acids is 1. The van der Waals surface area contributed by atoms with E-state index >= 15 is 0 Å². The summed E-state index contributed by atoms with van der Waals surface area (Å²) >= 11 is 6.04. The Balaban J connectivity index is 1.88. The molecular weight excluding hydrogens is 355 g/mol. The van der Waals surface area contributed by atoms with Crippen molar-refractivity contribution in [1.29, 1.82) is 0 Å². The molecule has 0 spiro atoms. The summed E-state index contributed by atoms with van der Waals surface area (Å²) in [5.74, 6) is -0.700. The van der Waals surface area contributed by atoms with Gasteiger partial charge in [0.15, 0.2) is 0 Å². The fraction of sp³-hybridized carbons (Fsp3) is 0.188. The third kappa shape index (κ3) is 3.37. The zero-order valence-corrected chi connectivity index (χ0v) is 14.1. The second-order valence-corrected chi connectivity index (χ2v) is 7.49. The predicted octanol–water partition coefficient (Wildman–Crippen LogP) is 3.13. The number of benzene rings is 2. The first-order valence-electron chi connectivity index (χ1n) is 7.24. The smallest absolute Gasteiger partial charge is 0.261 e. The molecule has 2 aromatic rings. The minimum Gasteiger partial charge on any atom is -0.339 e. The summed E-state index contributed by atoms with van der Waals surface area (Å²) < 4.78 is 40.0. The number of sulfonamides is 1. The van der Waals surface area contributed by atoms with Crippen LogP contribution in [0.4, 0.5) is 10.1 Å². The lowest BCUT2D eigenvalue weighted by molar-refractivity contribution is 0.0652. The Morgan fingerprint density at radius 1 is 1.12 bits per heavy atom. The van der Waals surface area contributed by atoms with E-state index in [0.717, 1.165) is 30.7 Å². The van der Waals surface area contributed by atoms with Crippen molar-refractivity contribution in [2.45, 2.75) is 11.3 Å². The Hall–Kier alpha value is -2.12. The molecule has 1 aliphatic rings. The van der Waals surface area contributed by atoms with Crippen LogP contribution in [0.25, 0.3) is 0 Å². The molecule has 0 aliphatic carbocycles. The highest BCUT2D eigenvalue weighted by Gasteiger charge is 2.23. The van der Waals surface area contributed by atoms with Crippen molar-refractivity contribution in [1.82, 2.24) is 4.90 Å².